The number of ether oxygens (including phenoxy) is 1. The van der Waals surface area contributed by atoms with E-state index in [1.165, 1.54) is 16.3 Å². The molecule has 0 radical (unpaired) electrons. The second kappa shape index (κ2) is 6.62. The van der Waals surface area contributed by atoms with Crippen molar-refractivity contribution < 1.29 is 9.53 Å². The van der Waals surface area contributed by atoms with Crippen LogP contribution < -0.4 is 0 Å². The van der Waals surface area contributed by atoms with E-state index in [4.69, 9.17) is 4.74 Å². The molecule has 0 aliphatic heterocycles. The van der Waals surface area contributed by atoms with Crippen LogP contribution in [0.2, 0.25) is 0 Å². The summed E-state index contributed by atoms with van der Waals surface area (Å²) in [5.41, 5.74) is 1.24. The molecule has 100 valence electrons. The number of hydrogen-bond acceptors (Lipinski definition) is 3. The quantitative estimate of drug-likeness (QED) is 0.770. The van der Waals surface area contributed by atoms with Gasteiger partial charge in [0.1, 0.15) is 0 Å². The molecule has 1 unspecified atom stereocenters. The monoisotopic (exact) mass is 274 g/mol. The molecule has 3 heteroatoms. The van der Waals surface area contributed by atoms with Crippen LogP contribution in [0, 0.1) is 0 Å². The van der Waals surface area contributed by atoms with Crippen molar-refractivity contribution in [1.82, 2.24) is 0 Å². The third kappa shape index (κ3) is 3.74. The first-order valence-electron chi connectivity index (χ1n) is 6.46. The molecule has 2 nitrogen and oxygen atoms in total. The van der Waals surface area contributed by atoms with Crippen LogP contribution in [0.1, 0.15) is 19.4 Å². The van der Waals surface area contributed by atoms with Gasteiger partial charge in [0.25, 0.3) is 0 Å². The summed E-state index contributed by atoms with van der Waals surface area (Å²) in [4.78, 5) is 11.5. The van der Waals surface area contributed by atoms with E-state index in [9.17, 15) is 4.79 Å². The number of carbonyl (C=O) groups is 1. The van der Waals surface area contributed by atoms with Gasteiger partial charge in [-0.05, 0) is 30.2 Å². The Kier molecular flexibility index (Phi) is 4.86. The van der Waals surface area contributed by atoms with E-state index < -0.39 is 0 Å². The zero-order valence-corrected chi connectivity index (χ0v) is 12.1. The fourth-order valence-electron chi connectivity index (χ4n) is 1.88. The molecule has 0 saturated carbocycles. The molecule has 0 amide bonds. The first kappa shape index (κ1) is 13.9. The Morgan fingerprint density at radius 3 is 2.68 bits per heavy atom. The van der Waals surface area contributed by atoms with E-state index in [0.29, 0.717) is 6.61 Å². The van der Waals surface area contributed by atoms with Crippen molar-refractivity contribution >= 4 is 28.5 Å². The standard InChI is InChI=1S/C16H18O2S/c1-3-18-16(17)12(2)19-11-13-8-9-14-6-4-5-7-15(14)10-13/h4-10,12H,3,11H2,1-2H3. The first-order valence-corrected chi connectivity index (χ1v) is 7.51. The van der Waals surface area contributed by atoms with Crippen LogP contribution in [0.15, 0.2) is 42.5 Å². The summed E-state index contributed by atoms with van der Waals surface area (Å²) in [6.07, 6.45) is 0. The Morgan fingerprint density at radius 1 is 1.21 bits per heavy atom. The molecular formula is C16H18O2S. The minimum absolute atomic E-state index is 0.119. The zero-order valence-electron chi connectivity index (χ0n) is 11.3. The average molecular weight is 274 g/mol. The van der Waals surface area contributed by atoms with Gasteiger partial charge in [0.15, 0.2) is 0 Å². The predicted octanol–water partition coefficient (Wildman–Crippen LogP) is 4.02. The highest BCUT2D eigenvalue weighted by Crippen LogP contribution is 2.22. The van der Waals surface area contributed by atoms with E-state index in [2.05, 4.69) is 30.3 Å². The van der Waals surface area contributed by atoms with Crippen molar-refractivity contribution in [3.63, 3.8) is 0 Å². The van der Waals surface area contributed by atoms with Crippen LogP contribution in [-0.2, 0) is 15.3 Å². The summed E-state index contributed by atoms with van der Waals surface area (Å²) in [5.74, 6) is 0.693. The van der Waals surface area contributed by atoms with Crippen LogP contribution in [0.4, 0.5) is 0 Å². The Balaban J connectivity index is 1.99. The van der Waals surface area contributed by atoms with Crippen molar-refractivity contribution in [2.75, 3.05) is 6.61 Å². The van der Waals surface area contributed by atoms with Gasteiger partial charge in [-0.2, -0.15) is 0 Å². The summed E-state index contributed by atoms with van der Waals surface area (Å²) >= 11 is 1.61. The Labute approximate surface area is 118 Å². The van der Waals surface area contributed by atoms with Crippen LogP contribution in [-0.4, -0.2) is 17.8 Å². The van der Waals surface area contributed by atoms with Crippen LogP contribution in [0.25, 0.3) is 10.8 Å². The zero-order chi connectivity index (χ0) is 13.7. The first-order chi connectivity index (χ1) is 9.20. The number of rotatable bonds is 5. The Morgan fingerprint density at radius 2 is 1.95 bits per heavy atom. The van der Waals surface area contributed by atoms with Gasteiger partial charge in [-0.1, -0.05) is 42.5 Å². The molecule has 2 rings (SSSR count). The van der Waals surface area contributed by atoms with Gasteiger partial charge in [-0.3, -0.25) is 4.79 Å². The molecule has 0 N–H and O–H groups in total. The lowest BCUT2D eigenvalue weighted by Gasteiger charge is -2.10. The molecule has 0 saturated heterocycles. The van der Waals surface area contributed by atoms with E-state index in [0.717, 1.165) is 5.75 Å². The molecule has 0 spiro atoms. The molecule has 0 fully saturated rings. The minimum atomic E-state index is -0.131. The van der Waals surface area contributed by atoms with E-state index >= 15 is 0 Å². The molecule has 0 aromatic heterocycles. The summed E-state index contributed by atoms with van der Waals surface area (Å²) in [5, 5.41) is 2.37. The van der Waals surface area contributed by atoms with Crippen LogP contribution in [0.3, 0.4) is 0 Å². The molecule has 19 heavy (non-hydrogen) atoms. The molecule has 1 atom stereocenters. The smallest absolute Gasteiger partial charge is 0.318 e. The molecule has 2 aromatic rings. The third-order valence-corrected chi connectivity index (χ3v) is 4.12. The topological polar surface area (TPSA) is 26.3 Å². The van der Waals surface area contributed by atoms with Crippen LogP contribution >= 0.6 is 11.8 Å². The maximum absolute atomic E-state index is 11.5. The van der Waals surface area contributed by atoms with Gasteiger partial charge in [0.05, 0.1) is 11.9 Å². The number of esters is 1. The maximum atomic E-state index is 11.5. The average Bonchev–Trinajstić information content (AvgIpc) is 2.44. The molecule has 2 aromatic carbocycles. The number of carbonyl (C=O) groups excluding carboxylic acids is 1. The van der Waals surface area contributed by atoms with Gasteiger partial charge in [-0.25, -0.2) is 0 Å². The number of fused-ring (bicyclic) bond motifs is 1. The summed E-state index contributed by atoms with van der Waals surface area (Å²) in [6, 6.07) is 14.7. The molecule has 0 aliphatic rings. The van der Waals surface area contributed by atoms with E-state index in [-0.39, 0.29) is 11.2 Å². The highest BCUT2D eigenvalue weighted by atomic mass is 32.2. The number of thioether (sulfide) groups is 1. The second-order valence-corrected chi connectivity index (χ2v) is 5.72. The third-order valence-electron chi connectivity index (χ3n) is 2.93. The van der Waals surface area contributed by atoms with Gasteiger partial charge >= 0.3 is 5.97 Å². The predicted molar refractivity (Wildman–Crippen MR) is 81.3 cm³/mol. The van der Waals surface area contributed by atoms with Gasteiger partial charge < -0.3 is 4.74 Å². The lowest BCUT2D eigenvalue weighted by molar-refractivity contribution is -0.142. The lowest BCUT2D eigenvalue weighted by atomic mass is 10.1. The fraction of sp³-hybridized carbons (Fsp3) is 0.312. The van der Waals surface area contributed by atoms with Crippen molar-refractivity contribution in [2.45, 2.75) is 24.9 Å². The van der Waals surface area contributed by atoms with Crippen LogP contribution in [0.5, 0.6) is 0 Å². The minimum Gasteiger partial charge on any atom is -0.465 e. The summed E-state index contributed by atoms with van der Waals surface area (Å²) in [7, 11) is 0. The Hall–Kier alpha value is -1.48. The van der Waals surface area contributed by atoms with Gasteiger partial charge in [0.2, 0.25) is 0 Å². The highest BCUT2D eigenvalue weighted by molar-refractivity contribution is 7.99. The van der Waals surface area contributed by atoms with Gasteiger partial charge in [0, 0.05) is 5.75 Å². The highest BCUT2D eigenvalue weighted by Gasteiger charge is 2.14. The van der Waals surface area contributed by atoms with Crippen molar-refractivity contribution in [3.05, 3.63) is 48.0 Å². The lowest BCUT2D eigenvalue weighted by Crippen LogP contribution is -2.16. The SMILES string of the molecule is CCOC(=O)C(C)SCc1ccc2ccccc2c1. The van der Waals surface area contributed by atoms with Crippen molar-refractivity contribution in [3.8, 4) is 0 Å². The fourth-order valence-corrected chi connectivity index (χ4v) is 2.70. The number of benzene rings is 2. The van der Waals surface area contributed by atoms with Gasteiger partial charge in [-0.15, -0.1) is 11.8 Å². The van der Waals surface area contributed by atoms with Crippen molar-refractivity contribution in [1.29, 1.82) is 0 Å². The summed E-state index contributed by atoms with van der Waals surface area (Å²) in [6.45, 7) is 4.17. The number of hydrogen-bond donors (Lipinski definition) is 0. The molecular weight excluding hydrogens is 256 g/mol. The second-order valence-electron chi connectivity index (χ2n) is 4.39. The molecule has 0 aliphatic carbocycles. The largest absolute Gasteiger partial charge is 0.465 e. The van der Waals surface area contributed by atoms with E-state index in [1.807, 2.05) is 26.0 Å². The summed E-state index contributed by atoms with van der Waals surface area (Å²) < 4.78 is 5.00. The van der Waals surface area contributed by atoms with E-state index in [1.54, 1.807) is 11.8 Å². The Bertz CT molecular complexity index is 565. The molecule has 0 heterocycles. The maximum Gasteiger partial charge on any atom is 0.318 e. The van der Waals surface area contributed by atoms with Crippen molar-refractivity contribution in [2.24, 2.45) is 0 Å². The molecule has 0 bridgehead atoms. The normalized spacial score (nSPS) is 12.3.